The number of hydrogen-bond acceptors (Lipinski definition) is 7. The van der Waals surface area contributed by atoms with E-state index < -0.39 is 33.7 Å². The van der Waals surface area contributed by atoms with Gasteiger partial charge in [-0.2, -0.15) is 0 Å². The molecule has 26 heavy (non-hydrogen) atoms. The average molecular weight is 410 g/mol. The SMILES string of the molecule is CCCCCCCCCCCCOC(=O)CC(C(=O)[O-])S(=O)(=O)[O-].[Na+].[Na+]. The number of rotatable bonds is 15. The Kier molecular flexibility index (Phi) is 23.3. The number of carboxylic acids is 1. The fourth-order valence-electron chi connectivity index (χ4n) is 2.29. The van der Waals surface area contributed by atoms with Gasteiger partial charge in [0.2, 0.25) is 0 Å². The van der Waals surface area contributed by atoms with Crippen molar-refractivity contribution in [3.05, 3.63) is 0 Å². The molecule has 0 bridgehead atoms. The number of unbranched alkanes of at least 4 members (excludes halogenated alkanes) is 9. The van der Waals surface area contributed by atoms with Crippen molar-refractivity contribution in [1.82, 2.24) is 0 Å². The molecule has 0 aliphatic rings. The van der Waals surface area contributed by atoms with Crippen LogP contribution < -0.4 is 64.2 Å². The van der Waals surface area contributed by atoms with Crippen molar-refractivity contribution < 1.29 is 91.5 Å². The summed E-state index contributed by atoms with van der Waals surface area (Å²) in [7, 11) is -5.13. The van der Waals surface area contributed by atoms with Crippen LogP contribution >= 0.6 is 0 Å². The normalized spacial score (nSPS) is 11.8. The van der Waals surface area contributed by atoms with Gasteiger partial charge in [0.05, 0.1) is 24.2 Å². The molecular formula is C16H28Na2O7S. The third-order valence-electron chi connectivity index (χ3n) is 3.72. The van der Waals surface area contributed by atoms with E-state index in [9.17, 15) is 27.7 Å². The quantitative estimate of drug-likeness (QED) is 0.115. The monoisotopic (exact) mass is 410 g/mol. The second-order valence-corrected chi connectivity index (χ2v) is 7.46. The molecule has 0 spiro atoms. The molecule has 0 amide bonds. The number of aliphatic carboxylic acids is 1. The van der Waals surface area contributed by atoms with Crippen LogP contribution in [0.1, 0.15) is 77.6 Å². The van der Waals surface area contributed by atoms with Crippen LogP contribution in [0.15, 0.2) is 0 Å². The Labute approximate surface area is 201 Å². The Hall–Kier alpha value is 0.850. The molecule has 0 saturated heterocycles. The van der Waals surface area contributed by atoms with Gasteiger partial charge >= 0.3 is 65.1 Å². The van der Waals surface area contributed by atoms with Crippen LogP contribution in [0.2, 0.25) is 0 Å². The zero-order valence-electron chi connectivity index (χ0n) is 16.3. The molecule has 10 heteroatoms. The summed E-state index contributed by atoms with van der Waals surface area (Å²) in [6.45, 7) is 2.28. The van der Waals surface area contributed by atoms with Gasteiger partial charge in [0.15, 0.2) is 0 Å². The molecule has 0 aromatic heterocycles. The summed E-state index contributed by atoms with van der Waals surface area (Å²) in [4.78, 5) is 21.9. The summed E-state index contributed by atoms with van der Waals surface area (Å²) < 4.78 is 36.8. The Morgan fingerprint density at radius 3 is 1.69 bits per heavy atom. The topological polar surface area (TPSA) is 124 Å². The number of esters is 1. The van der Waals surface area contributed by atoms with Gasteiger partial charge < -0.3 is 19.2 Å². The molecule has 7 nitrogen and oxygen atoms in total. The van der Waals surface area contributed by atoms with Crippen molar-refractivity contribution in [3.63, 3.8) is 0 Å². The van der Waals surface area contributed by atoms with E-state index in [4.69, 9.17) is 4.74 Å². The molecule has 0 N–H and O–H groups in total. The van der Waals surface area contributed by atoms with Gasteiger partial charge in [-0.05, 0) is 6.42 Å². The Morgan fingerprint density at radius 2 is 1.31 bits per heavy atom. The van der Waals surface area contributed by atoms with E-state index in [-0.39, 0.29) is 65.7 Å². The first kappa shape index (κ1) is 31.5. The maximum atomic E-state index is 11.3. The Morgan fingerprint density at radius 1 is 0.885 bits per heavy atom. The van der Waals surface area contributed by atoms with Crippen LogP contribution in [0.3, 0.4) is 0 Å². The standard InChI is InChI=1S/C16H30O7S.2Na/c1-2-3-4-5-6-7-8-9-10-11-12-23-15(17)13-14(16(18)19)24(20,21)22;;/h14H,2-13H2,1H3,(H,18,19)(H,20,21,22);;/q;2*+1/p-2. The van der Waals surface area contributed by atoms with Gasteiger partial charge in [0, 0.05) is 0 Å². The number of ether oxygens (including phenoxy) is 1. The molecule has 1 unspecified atom stereocenters. The first-order valence-corrected chi connectivity index (χ1v) is 10.1. The van der Waals surface area contributed by atoms with E-state index in [1.165, 1.54) is 38.5 Å². The summed E-state index contributed by atoms with van der Waals surface area (Å²) in [5, 5.41) is 8.15. The van der Waals surface area contributed by atoms with Gasteiger partial charge in [-0.15, -0.1) is 0 Å². The third kappa shape index (κ3) is 18.2. The zero-order valence-corrected chi connectivity index (χ0v) is 21.1. The summed E-state index contributed by atoms with van der Waals surface area (Å²) in [5.74, 6) is -3.10. The molecule has 1 atom stereocenters. The Balaban J connectivity index is -0.00000264. The summed E-state index contributed by atoms with van der Waals surface area (Å²) >= 11 is 0. The molecule has 0 fully saturated rings. The maximum Gasteiger partial charge on any atom is 1.00 e. The first-order valence-electron chi connectivity index (χ1n) is 8.60. The smallest absolute Gasteiger partial charge is 0.747 e. The number of carboxylic acid groups (broad SMARTS) is 1. The average Bonchev–Trinajstić information content (AvgIpc) is 2.48. The van der Waals surface area contributed by atoms with E-state index in [1.54, 1.807) is 0 Å². The van der Waals surface area contributed by atoms with Crippen molar-refractivity contribution in [1.29, 1.82) is 0 Å². The third-order valence-corrected chi connectivity index (χ3v) is 4.78. The molecular weight excluding hydrogens is 382 g/mol. The molecule has 0 rings (SSSR count). The van der Waals surface area contributed by atoms with Crippen LogP contribution in [-0.4, -0.2) is 36.8 Å². The van der Waals surface area contributed by atoms with E-state index in [0.29, 0.717) is 6.42 Å². The van der Waals surface area contributed by atoms with Crippen LogP contribution in [0.4, 0.5) is 0 Å². The number of carbonyl (C=O) groups is 2. The van der Waals surface area contributed by atoms with Gasteiger partial charge in [-0.3, -0.25) is 4.79 Å². The maximum absolute atomic E-state index is 11.3. The largest absolute Gasteiger partial charge is 1.00 e. The summed E-state index contributed by atoms with van der Waals surface area (Å²) in [5.41, 5.74) is 0. The van der Waals surface area contributed by atoms with Crippen molar-refractivity contribution in [3.8, 4) is 0 Å². The molecule has 0 saturated carbocycles. The summed E-state index contributed by atoms with van der Waals surface area (Å²) in [6.07, 6.45) is 10.2. The fraction of sp³-hybridized carbons (Fsp3) is 0.875. The molecule has 0 radical (unpaired) electrons. The zero-order chi connectivity index (χ0) is 18.4. The number of hydrogen-bond donors (Lipinski definition) is 0. The summed E-state index contributed by atoms with van der Waals surface area (Å²) in [6, 6.07) is 0. The molecule has 0 aliphatic heterocycles. The van der Waals surface area contributed by atoms with Crippen LogP contribution in [-0.2, 0) is 24.4 Å². The van der Waals surface area contributed by atoms with Crippen molar-refractivity contribution in [2.24, 2.45) is 0 Å². The van der Waals surface area contributed by atoms with E-state index in [2.05, 4.69) is 6.92 Å². The van der Waals surface area contributed by atoms with Crippen molar-refractivity contribution >= 4 is 22.1 Å². The van der Waals surface area contributed by atoms with Crippen LogP contribution in [0.25, 0.3) is 0 Å². The minimum absolute atomic E-state index is 0. The molecule has 142 valence electrons. The van der Waals surface area contributed by atoms with E-state index >= 15 is 0 Å². The van der Waals surface area contributed by atoms with Crippen LogP contribution in [0.5, 0.6) is 0 Å². The predicted octanol–water partition coefficient (Wildman–Crippen LogP) is -4.49. The van der Waals surface area contributed by atoms with Crippen LogP contribution in [0, 0.1) is 0 Å². The van der Waals surface area contributed by atoms with Gasteiger partial charge in [-0.25, -0.2) is 8.42 Å². The second-order valence-electron chi connectivity index (χ2n) is 5.91. The molecule has 0 aromatic rings. The minimum Gasteiger partial charge on any atom is -0.747 e. The first-order chi connectivity index (χ1) is 11.3. The van der Waals surface area contributed by atoms with Gasteiger partial charge in [0.25, 0.3) is 0 Å². The fourth-order valence-corrected chi connectivity index (χ4v) is 2.86. The molecule has 0 aromatic carbocycles. The van der Waals surface area contributed by atoms with E-state index in [1.807, 2.05) is 0 Å². The van der Waals surface area contributed by atoms with Crippen molar-refractivity contribution in [2.45, 2.75) is 82.8 Å². The predicted molar refractivity (Wildman–Crippen MR) is 85.9 cm³/mol. The second kappa shape index (κ2) is 19.2. The van der Waals surface area contributed by atoms with E-state index in [0.717, 1.165) is 19.3 Å². The molecule has 0 aliphatic carbocycles. The number of carbonyl (C=O) groups excluding carboxylic acids is 2. The van der Waals surface area contributed by atoms with Gasteiger partial charge in [0.1, 0.15) is 10.1 Å². The Bertz CT molecular complexity index is 469. The van der Waals surface area contributed by atoms with Gasteiger partial charge in [-0.1, -0.05) is 64.7 Å². The van der Waals surface area contributed by atoms with Crippen molar-refractivity contribution in [2.75, 3.05) is 6.61 Å². The molecule has 0 heterocycles. The minimum atomic E-state index is -5.13.